The van der Waals surface area contributed by atoms with Crippen LogP contribution in [0.3, 0.4) is 0 Å². The quantitative estimate of drug-likeness (QED) is 0.892. The SMILES string of the molecule is CCNC(Cc1ccc(Br)s1)c1cn[nH]n1. The number of hydrogen-bond donors (Lipinski definition) is 2. The van der Waals surface area contributed by atoms with Crippen LogP contribution in [0.2, 0.25) is 0 Å². The van der Waals surface area contributed by atoms with Gasteiger partial charge in [0, 0.05) is 11.3 Å². The first-order valence-corrected chi connectivity index (χ1v) is 6.73. The van der Waals surface area contributed by atoms with E-state index in [-0.39, 0.29) is 6.04 Å². The molecule has 2 aromatic rings. The maximum Gasteiger partial charge on any atom is 0.0997 e. The van der Waals surface area contributed by atoms with Crippen molar-refractivity contribution in [2.75, 3.05) is 6.54 Å². The Morgan fingerprint density at radius 1 is 1.56 bits per heavy atom. The molecule has 4 nitrogen and oxygen atoms in total. The summed E-state index contributed by atoms with van der Waals surface area (Å²) >= 11 is 5.23. The molecule has 0 aliphatic heterocycles. The van der Waals surface area contributed by atoms with Crippen LogP contribution in [0.4, 0.5) is 0 Å². The van der Waals surface area contributed by atoms with E-state index in [1.807, 2.05) is 0 Å². The Morgan fingerprint density at radius 3 is 3.00 bits per heavy atom. The van der Waals surface area contributed by atoms with E-state index in [4.69, 9.17) is 0 Å². The molecule has 2 aromatic heterocycles. The van der Waals surface area contributed by atoms with Gasteiger partial charge in [0.05, 0.1) is 21.7 Å². The fourth-order valence-corrected chi connectivity index (χ4v) is 3.10. The fraction of sp³-hybridized carbons (Fsp3) is 0.400. The van der Waals surface area contributed by atoms with E-state index < -0.39 is 0 Å². The molecule has 1 unspecified atom stereocenters. The zero-order valence-electron chi connectivity index (χ0n) is 8.90. The van der Waals surface area contributed by atoms with Crippen LogP contribution in [0, 0.1) is 0 Å². The van der Waals surface area contributed by atoms with Gasteiger partial charge in [0.15, 0.2) is 0 Å². The van der Waals surface area contributed by atoms with E-state index in [0.29, 0.717) is 0 Å². The Labute approximate surface area is 107 Å². The topological polar surface area (TPSA) is 53.6 Å². The molecule has 0 spiro atoms. The number of aromatic amines is 1. The van der Waals surface area contributed by atoms with Crippen molar-refractivity contribution in [3.63, 3.8) is 0 Å². The average Bonchev–Trinajstić information content (AvgIpc) is 2.88. The zero-order chi connectivity index (χ0) is 11.4. The number of nitrogens with one attached hydrogen (secondary N) is 2. The van der Waals surface area contributed by atoms with Crippen LogP contribution in [0.15, 0.2) is 22.1 Å². The molecule has 0 aromatic carbocycles. The smallest absolute Gasteiger partial charge is 0.0997 e. The van der Waals surface area contributed by atoms with Gasteiger partial charge < -0.3 is 5.32 Å². The number of rotatable bonds is 5. The number of thiophene rings is 1. The summed E-state index contributed by atoms with van der Waals surface area (Å²) in [5, 5.41) is 14.0. The van der Waals surface area contributed by atoms with Gasteiger partial charge in [-0.3, -0.25) is 0 Å². The lowest BCUT2D eigenvalue weighted by Crippen LogP contribution is -2.23. The molecule has 1 atom stereocenters. The van der Waals surface area contributed by atoms with Crippen molar-refractivity contribution >= 4 is 27.3 Å². The van der Waals surface area contributed by atoms with Crippen molar-refractivity contribution < 1.29 is 0 Å². The molecular formula is C10H13BrN4S. The molecule has 16 heavy (non-hydrogen) atoms. The Kier molecular flexibility index (Phi) is 4.09. The van der Waals surface area contributed by atoms with E-state index in [0.717, 1.165) is 22.4 Å². The molecule has 0 saturated carbocycles. The zero-order valence-corrected chi connectivity index (χ0v) is 11.3. The number of aromatic nitrogens is 3. The predicted molar refractivity (Wildman–Crippen MR) is 68.5 cm³/mol. The third-order valence-electron chi connectivity index (χ3n) is 2.28. The maximum absolute atomic E-state index is 4.13. The van der Waals surface area contributed by atoms with Gasteiger partial charge in [-0.05, 0) is 34.6 Å². The third kappa shape index (κ3) is 2.90. The summed E-state index contributed by atoms with van der Waals surface area (Å²) in [6, 6.07) is 4.44. The van der Waals surface area contributed by atoms with Crippen molar-refractivity contribution in [3.8, 4) is 0 Å². The lowest BCUT2D eigenvalue weighted by atomic mass is 10.1. The molecule has 0 aliphatic rings. The monoisotopic (exact) mass is 300 g/mol. The Morgan fingerprint density at radius 2 is 2.44 bits per heavy atom. The first-order chi connectivity index (χ1) is 7.79. The largest absolute Gasteiger partial charge is 0.308 e. The highest BCUT2D eigenvalue weighted by Crippen LogP contribution is 2.26. The van der Waals surface area contributed by atoms with Crippen molar-refractivity contribution in [2.24, 2.45) is 0 Å². The molecule has 2 heterocycles. The van der Waals surface area contributed by atoms with Crippen molar-refractivity contribution in [1.82, 2.24) is 20.7 Å². The summed E-state index contributed by atoms with van der Waals surface area (Å²) in [5.41, 5.74) is 0.964. The highest BCUT2D eigenvalue weighted by Gasteiger charge is 2.14. The second-order valence-corrected chi connectivity index (χ2v) is 5.96. The first-order valence-electron chi connectivity index (χ1n) is 5.13. The van der Waals surface area contributed by atoms with E-state index in [1.54, 1.807) is 17.5 Å². The average molecular weight is 301 g/mol. The second-order valence-electron chi connectivity index (χ2n) is 3.42. The lowest BCUT2D eigenvalue weighted by Gasteiger charge is -2.13. The Hall–Kier alpha value is -0.720. The summed E-state index contributed by atoms with van der Waals surface area (Å²) in [4.78, 5) is 1.33. The first kappa shape index (κ1) is 11.8. The van der Waals surface area contributed by atoms with Gasteiger partial charge in [0.25, 0.3) is 0 Å². The van der Waals surface area contributed by atoms with E-state index in [9.17, 15) is 0 Å². The third-order valence-corrected chi connectivity index (χ3v) is 3.92. The molecule has 2 N–H and O–H groups in total. The van der Waals surface area contributed by atoms with Crippen LogP contribution < -0.4 is 5.32 Å². The summed E-state index contributed by atoms with van der Waals surface area (Å²) in [6.45, 7) is 3.02. The van der Waals surface area contributed by atoms with E-state index in [1.165, 1.54) is 4.88 Å². The second kappa shape index (κ2) is 5.56. The molecule has 0 bridgehead atoms. The molecule has 6 heteroatoms. The van der Waals surface area contributed by atoms with Crippen LogP contribution in [-0.2, 0) is 6.42 Å². The number of hydrogen-bond acceptors (Lipinski definition) is 4. The maximum atomic E-state index is 4.13. The Bertz CT molecular complexity index is 426. The van der Waals surface area contributed by atoms with E-state index in [2.05, 4.69) is 55.7 Å². The Balaban J connectivity index is 2.09. The van der Waals surface area contributed by atoms with Crippen molar-refractivity contribution in [1.29, 1.82) is 0 Å². The minimum Gasteiger partial charge on any atom is -0.308 e. The lowest BCUT2D eigenvalue weighted by molar-refractivity contribution is 0.539. The molecule has 86 valence electrons. The van der Waals surface area contributed by atoms with Crippen LogP contribution in [0.1, 0.15) is 23.5 Å². The molecule has 0 radical (unpaired) electrons. The molecule has 2 rings (SSSR count). The van der Waals surface area contributed by atoms with E-state index >= 15 is 0 Å². The highest BCUT2D eigenvalue weighted by molar-refractivity contribution is 9.11. The van der Waals surface area contributed by atoms with Crippen LogP contribution in [0.25, 0.3) is 0 Å². The van der Waals surface area contributed by atoms with Gasteiger partial charge >= 0.3 is 0 Å². The van der Waals surface area contributed by atoms with Gasteiger partial charge in [-0.15, -0.1) is 11.3 Å². The summed E-state index contributed by atoms with van der Waals surface area (Å²) < 4.78 is 1.16. The van der Waals surface area contributed by atoms with Crippen LogP contribution in [0.5, 0.6) is 0 Å². The molecule has 0 aliphatic carbocycles. The number of likely N-dealkylation sites (N-methyl/N-ethyl adjacent to an activating group) is 1. The summed E-state index contributed by atoms with van der Waals surface area (Å²) in [7, 11) is 0. The van der Waals surface area contributed by atoms with Crippen molar-refractivity contribution in [3.05, 3.63) is 32.7 Å². The normalized spacial score (nSPS) is 12.9. The fourth-order valence-electron chi connectivity index (χ4n) is 1.57. The molecule has 0 saturated heterocycles. The number of halogens is 1. The van der Waals surface area contributed by atoms with Crippen LogP contribution >= 0.6 is 27.3 Å². The number of H-pyrrole nitrogens is 1. The van der Waals surface area contributed by atoms with Crippen molar-refractivity contribution in [2.45, 2.75) is 19.4 Å². The number of nitrogens with zero attached hydrogens (tertiary/aromatic N) is 2. The van der Waals surface area contributed by atoms with Gasteiger partial charge in [0.2, 0.25) is 0 Å². The van der Waals surface area contributed by atoms with Gasteiger partial charge in [-0.1, -0.05) is 6.92 Å². The van der Waals surface area contributed by atoms with Gasteiger partial charge in [-0.25, -0.2) is 0 Å². The molecule has 0 amide bonds. The minimum atomic E-state index is 0.231. The standard InChI is InChI=1S/C10H13BrN4S/c1-2-12-8(9-6-13-15-14-9)5-7-3-4-10(11)16-7/h3-4,6,8,12H,2,5H2,1H3,(H,13,14,15). The molecular weight excluding hydrogens is 288 g/mol. The van der Waals surface area contributed by atoms with Crippen LogP contribution in [-0.4, -0.2) is 22.0 Å². The molecule has 0 fully saturated rings. The van der Waals surface area contributed by atoms with Gasteiger partial charge in [-0.2, -0.15) is 15.4 Å². The summed E-state index contributed by atoms with van der Waals surface area (Å²) in [5.74, 6) is 0. The highest BCUT2D eigenvalue weighted by atomic mass is 79.9. The minimum absolute atomic E-state index is 0.231. The predicted octanol–water partition coefficient (Wildman–Crippen LogP) is 2.52. The van der Waals surface area contributed by atoms with Gasteiger partial charge in [0.1, 0.15) is 0 Å². The summed E-state index contributed by atoms with van der Waals surface area (Å²) in [6.07, 6.45) is 2.71.